The molecule has 0 fully saturated rings. The molecule has 1 aromatic heterocycles. The zero-order valence-electron chi connectivity index (χ0n) is 15.3. The van der Waals surface area contributed by atoms with E-state index in [0.29, 0.717) is 12.4 Å². The van der Waals surface area contributed by atoms with Crippen LogP contribution in [0.5, 0.6) is 0 Å². The second-order valence-electron chi connectivity index (χ2n) is 6.12. The van der Waals surface area contributed by atoms with Gasteiger partial charge in [0.25, 0.3) is 11.6 Å². The zero-order valence-corrected chi connectivity index (χ0v) is 16.0. The fourth-order valence-electron chi connectivity index (χ4n) is 2.67. The minimum atomic E-state index is -0.574. The number of amides is 1. The summed E-state index contributed by atoms with van der Waals surface area (Å²) < 4.78 is 5.27. The average molecular weight is 401 g/mol. The van der Waals surface area contributed by atoms with Crippen molar-refractivity contribution in [1.82, 2.24) is 15.0 Å². The number of hydrogen-bond acceptors (Lipinski definition) is 6. The van der Waals surface area contributed by atoms with Gasteiger partial charge in [-0.25, -0.2) is 0 Å². The van der Waals surface area contributed by atoms with Crippen molar-refractivity contribution in [1.29, 1.82) is 0 Å². The lowest BCUT2D eigenvalue weighted by molar-refractivity contribution is -0.384. The predicted octanol–water partition coefficient (Wildman–Crippen LogP) is 4.27. The lowest BCUT2D eigenvalue weighted by Gasteiger charge is -2.19. The summed E-state index contributed by atoms with van der Waals surface area (Å²) in [5.41, 5.74) is 1.72. The first-order valence-electron chi connectivity index (χ1n) is 8.52. The Morgan fingerprint density at radius 1 is 1.29 bits per heavy atom. The monoisotopic (exact) mass is 400 g/mol. The maximum Gasteiger partial charge on any atom is 0.270 e. The van der Waals surface area contributed by atoms with Gasteiger partial charge in [-0.3, -0.25) is 14.9 Å². The van der Waals surface area contributed by atoms with Crippen LogP contribution in [0.3, 0.4) is 0 Å². The lowest BCUT2D eigenvalue weighted by atomic mass is 10.1. The quantitative estimate of drug-likeness (QED) is 0.452. The molecule has 8 nitrogen and oxygen atoms in total. The van der Waals surface area contributed by atoms with Crippen molar-refractivity contribution in [3.05, 3.63) is 74.6 Å². The van der Waals surface area contributed by atoms with Crippen LogP contribution in [0.4, 0.5) is 5.69 Å². The Morgan fingerprint density at radius 3 is 2.75 bits per heavy atom. The number of benzene rings is 2. The van der Waals surface area contributed by atoms with E-state index in [9.17, 15) is 14.9 Å². The van der Waals surface area contributed by atoms with Crippen LogP contribution in [-0.2, 0) is 6.54 Å². The van der Waals surface area contributed by atoms with Crippen LogP contribution in [0, 0.1) is 17.0 Å². The Kier molecular flexibility index (Phi) is 5.70. The van der Waals surface area contributed by atoms with Crippen LogP contribution in [-0.4, -0.2) is 32.4 Å². The van der Waals surface area contributed by atoms with E-state index in [1.54, 1.807) is 6.92 Å². The van der Waals surface area contributed by atoms with E-state index < -0.39 is 10.8 Å². The van der Waals surface area contributed by atoms with E-state index in [1.807, 2.05) is 31.2 Å². The third-order valence-corrected chi connectivity index (χ3v) is 4.46. The second kappa shape index (κ2) is 8.18. The molecule has 0 atom stereocenters. The number of non-ortho nitro benzene ring substituents is 1. The van der Waals surface area contributed by atoms with Gasteiger partial charge in [-0.2, -0.15) is 4.98 Å². The number of rotatable bonds is 6. The summed E-state index contributed by atoms with van der Waals surface area (Å²) in [6.45, 7) is 4.14. The predicted molar refractivity (Wildman–Crippen MR) is 103 cm³/mol. The number of carbonyl (C=O) groups excluding carboxylic acids is 1. The standard InChI is InChI=1S/C19H17ClN4O4/c1-3-23(19(25)15-10-14(24(26)27)7-8-16(15)20)11-17-21-18(22-28-17)13-6-4-5-12(2)9-13/h4-10H,3,11H2,1-2H3. The molecule has 1 amide bonds. The summed E-state index contributed by atoms with van der Waals surface area (Å²) in [6, 6.07) is 11.4. The zero-order chi connectivity index (χ0) is 20.3. The SMILES string of the molecule is CCN(Cc1nc(-c2cccc(C)c2)no1)C(=O)c1cc([N+](=O)[O-])ccc1Cl. The minimum absolute atomic E-state index is 0.0520. The molecule has 2 aromatic carbocycles. The largest absolute Gasteiger partial charge is 0.337 e. The second-order valence-corrected chi connectivity index (χ2v) is 6.53. The van der Waals surface area contributed by atoms with Gasteiger partial charge in [0.1, 0.15) is 6.54 Å². The van der Waals surface area contributed by atoms with Gasteiger partial charge >= 0.3 is 0 Å². The van der Waals surface area contributed by atoms with Gasteiger partial charge in [0, 0.05) is 24.2 Å². The molecule has 0 spiro atoms. The van der Waals surface area contributed by atoms with Gasteiger partial charge in [-0.05, 0) is 26.0 Å². The topological polar surface area (TPSA) is 102 Å². The molecule has 0 aliphatic carbocycles. The molecule has 3 rings (SSSR count). The summed E-state index contributed by atoms with van der Waals surface area (Å²) in [6.07, 6.45) is 0. The van der Waals surface area contributed by atoms with Gasteiger partial charge in [-0.1, -0.05) is 40.5 Å². The van der Waals surface area contributed by atoms with Gasteiger partial charge in [0.05, 0.1) is 15.5 Å². The molecule has 0 unspecified atom stereocenters. The van der Waals surface area contributed by atoms with E-state index in [-0.39, 0.29) is 28.7 Å². The summed E-state index contributed by atoms with van der Waals surface area (Å²) in [5.74, 6) is 0.232. The van der Waals surface area contributed by atoms with Crippen LogP contribution in [0.2, 0.25) is 5.02 Å². The number of aryl methyl sites for hydroxylation is 1. The number of nitro groups is 1. The first-order valence-corrected chi connectivity index (χ1v) is 8.89. The van der Waals surface area contributed by atoms with E-state index in [1.165, 1.54) is 23.1 Å². The molecule has 9 heteroatoms. The summed E-state index contributed by atoms with van der Waals surface area (Å²) in [5, 5.41) is 15.1. The third-order valence-electron chi connectivity index (χ3n) is 4.13. The number of hydrogen-bond donors (Lipinski definition) is 0. The number of nitrogens with zero attached hydrogens (tertiary/aromatic N) is 4. The van der Waals surface area contributed by atoms with E-state index in [2.05, 4.69) is 10.1 Å². The summed E-state index contributed by atoms with van der Waals surface area (Å²) in [7, 11) is 0. The Labute approximate surface area is 165 Å². The smallest absolute Gasteiger partial charge is 0.270 e. The highest BCUT2D eigenvalue weighted by Gasteiger charge is 2.22. The van der Waals surface area contributed by atoms with Crippen molar-refractivity contribution in [2.45, 2.75) is 20.4 Å². The molecule has 0 aliphatic heterocycles. The van der Waals surface area contributed by atoms with Crippen molar-refractivity contribution in [2.75, 3.05) is 6.54 Å². The van der Waals surface area contributed by atoms with E-state index in [4.69, 9.17) is 16.1 Å². The van der Waals surface area contributed by atoms with Gasteiger partial charge < -0.3 is 9.42 Å². The molecule has 3 aromatic rings. The van der Waals surface area contributed by atoms with Crippen LogP contribution in [0.15, 0.2) is 47.0 Å². The van der Waals surface area contributed by atoms with Crippen LogP contribution >= 0.6 is 11.6 Å². The van der Waals surface area contributed by atoms with Gasteiger partial charge in [-0.15, -0.1) is 0 Å². The molecular weight excluding hydrogens is 384 g/mol. The first kappa shape index (κ1) is 19.5. The average Bonchev–Trinajstić information content (AvgIpc) is 3.14. The lowest BCUT2D eigenvalue weighted by Crippen LogP contribution is -2.30. The van der Waals surface area contributed by atoms with Crippen LogP contribution < -0.4 is 0 Å². The van der Waals surface area contributed by atoms with Crippen LogP contribution in [0.1, 0.15) is 28.7 Å². The van der Waals surface area contributed by atoms with Gasteiger partial charge in [0.15, 0.2) is 0 Å². The number of aromatic nitrogens is 2. The fourth-order valence-corrected chi connectivity index (χ4v) is 2.87. The molecule has 0 saturated carbocycles. The minimum Gasteiger partial charge on any atom is -0.337 e. The highest BCUT2D eigenvalue weighted by atomic mass is 35.5. The fraction of sp³-hybridized carbons (Fsp3) is 0.211. The highest BCUT2D eigenvalue weighted by molar-refractivity contribution is 6.33. The van der Waals surface area contributed by atoms with Crippen molar-refractivity contribution in [3.8, 4) is 11.4 Å². The van der Waals surface area contributed by atoms with Crippen molar-refractivity contribution in [2.24, 2.45) is 0 Å². The normalized spacial score (nSPS) is 10.7. The van der Waals surface area contributed by atoms with Crippen LogP contribution in [0.25, 0.3) is 11.4 Å². The van der Waals surface area contributed by atoms with Gasteiger partial charge in [0.2, 0.25) is 11.7 Å². The van der Waals surface area contributed by atoms with Crippen molar-refractivity contribution >= 4 is 23.2 Å². The molecule has 28 heavy (non-hydrogen) atoms. The molecule has 0 N–H and O–H groups in total. The molecule has 0 aliphatic rings. The highest BCUT2D eigenvalue weighted by Crippen LogP contribution is 2.24. The number of nitro benzene ring substituents is 1. The summed E-state index contributed by atoms with van der Waals surface area (Å²) >= 11 is 6.08. The van der Waals surface area contributed by atoms with E-state index in [0.717, 1.165) is 11.1 Å². The maximum atomic E-state index is 12.8. The Bertz CT molecular complexity index is 1030. The van der Waals surface area contributed by atoms with Crippen molar-refractivity contribution in [3.63, 3.8) is 0 Å². The Hall–Kier alpha value is -3.26. The molecule has 0 saturated heterocycles. The number of carbonyl (C=O) groups is 1. The molecule has 1 heterocycles. The third kappa shape index (κ3) is 4.17. The maximum absolute atomic E-state index is 12.8. The van der Waals surface area contributed by atoms with Crippen molar-refractivity contribution < 1.29 is 14.2 Å². The summed E-state index contributed by atoms with van der Waals surface area (Å²) in [4.78, 5) is 29.0. The first-order chi connectivity index (χ1) is 13.4. The number of halogens is 1. The molecular formula is C19H17ClN4O4. The van der Waals surface area contributed by atoms with E-state index >= 15 is 0 Å². The Balaban J connectivity index is 1.82. The molecule has 0 bridgehead atoms. The molecule has 144 valence electrons. The Morgan fingerprint density at radius 2 is 2.07 bits per heavy atom. The molecule has 0 radical (unpaired) electrons.